The molecule has 3 rings (SSSR count). The number of ether oxygens (including phenoxy) is 1. The maximum absolute atomic E-state index is 11.9. The molecule has 0 fully saturated rings. The van der Waals surface area contributed by atoms with Crippen LogP contribution in [0.4, 0.5) is 5.13 Å². The number of nitrogens with one attached hydrogen (secondary N) is 1. The Labute approximate surface area is 128 Å². The van der Waals surface area contributed by atoms with Gasteiger partial charge in [-0.3, -0.25) is 4.79 Å². The third kappa shape index (κ3) is 2.81. The lowest BCUT2D eigenvalue weighted by atomic mass is 10.3. The summed E-state index contributed by atoms with van der Waals surface area (Å²) in [4.78, 5) is 20.0. The van der Waals surface area contributed by atoms with Crippen LogP contribution in [0.3, 0.4) is 0 Å². The molecule has 108 valence electrons. The first kappa shape index (κ1) is 13.8. The van der Waals surface area contributed by atoms with Gasteiger partial charge in [-0.25, -0.2) is 14.6 Å². The number of amides is 1. The standard InChI is InChI=1S/C12H10ClN5O2S/c1-20-8-3-2-7(13)11-10(8)17-12(21-11)16-9(19)4-18-6-14-5-15-18/h2-3,5-6H,4H2,1H3,(H,16,17,19). The lowest BCUT2D eigenvalue weighted by Crippen LogP contribution is -2.18. The average molecular weight is 324 g/mol. The maximum Gasteiger partial charge on any atom is 0.247 e. The largest absolute Gasteiger partial charge is 0.494 e. The molecule has 2 heterocycles. The van der Waals surface area contributed by atoms with Gasteiger partial charge in [-0.05, 0) is 12.1 Å². The van der Waals surface area contributed by atoms with Crippen LogP contribution >= 0.6 is 22.9 Å². The molecule has 0 saturated carbocycles. The summed E-state index contributed by atoms with van der Waals surface area (Å²) in [5.41, 5.74) is 0.631. The highest BCUT2D eigenvalue weighted by molar-refractivity contribution is 7.23. The van der Waals surface area contributed by atoms with Crippen molar-refractivity contribution in [2.75, 3.05) is 12.4 Å². The molecular formula is C12H10ClN5O2S. The number of carbonyl (C=O) groups excluding carboxylic acids is 1. The number of aromatic nitrogens is 4. The van der Waals surface area contributed by atoms with Crippen LogP contribution in [-0.2, 0) is 11.3 Å². The number of anilines is 1. The first-order chi connectivity index (χ1) is 10.2. The van der Waals surface area contributed by atoms with Crippen LogP contribution in [0.1, 0.15) is 0 Å². The van der Waals surface area contributed by atoms with Crippen molar-refractivity contribution in [2.24, 2.45) is 0 Å². The smallest absolute Gasteiger partial charge is 0.247 e. The first-order valence-electron chi connectivity index (χ1n) is 5.92. The van der Waals surface area contributed by atoms with Gasteiger partial charge in [0.15, 0.2) is 5.13 Å². The Bertz CT molecular complexity index is 786. The third-order valence-corrected chi connectivity index (χ3v) is 4.13. The number of carbonyl (C=O) groups is 1. The summed E-state index contributed by atoms with van der Waals surface area (Å²) in [6.45, 7) is 0.0702. The quantitative estimate of drug-likeness (QED) is 0.796. The topological polar surface area (TPSA) is 81.9 Å². The Balaban J connectivity index is 1.84. The van der Waals surface area contributed by atoms with Crippen LogP contribution in [-0.4, -0.2) is 32.8 Å². The molecule has 0 spiro atoms. The molecule has 0 radical (unpaired) electrons. The molecule has 1 aromatic carbocycles. The zero-order valence-electron chi connectivity index (χ0n) is 10.9. The van der Waals surface area contributed by atoms with Crippen molar-refractivity contribution < 1.29 is 9.53 Å². The Morgan fingerprint density at radius 3 is 3.10 bits per heavy atom. The van der Waals surface area contributed by atoms with Gasteiger partial charge in [-0.15, -0.1) is 0 Å². The summed E-state index contributed by atoms with van der Waals surface area (Å²) < 4.78 is 7.43. The number of methoxy groups -OCH3 is 1. The van der Waals surface area contributed by atoms with Gasteiger partial charge >= 0.3 is 0 Å². The van der Waals surface area contributed by atoms with Gasteiger partial charge in [0.25, 0.3) is 0 Å². The highest BCUT2D eigenvalue weighted by atomic mass is 35.5. The van der Waals surface area contributed by atoms with E-state index in [-0.39, 0.29) is 12.5 Å². The number of halogens is 1. The van der Waals surface area contributed by atoms with Crippen molar-refractivity contribution in [3.05, 3.63) is 29.8 Å². The van der Waals surface area contributed by atoms with Gasteiger partial charge in [0, 0.05) is 0 Å². The minimum Gasteiger partial charge on any atom is -0.494 e. The Hall–Kier alpha value is -2.19. The average Bonchev–Trinajstić information content (AvgIpc) is 3.09. The van der Waals surface area contributed by atoms with E-state index in [2.05, 4.69) is 20.4 Å². The number of fused-ring (bicyclic) bond motifs is 1. The molecular weight excluding hydrogens is 314 g/mol. The first-order valence-corrected chi connectivity index (χ1v) is 7.12. The van der Waals surface area contributed by atoms with E-state index in [1.54, 1.807) is 19.2 Å². The summed E-state index contributed by atoms with van der Waals surface area (Å²) >= 11 is 7.42. The summed E-state index contributed by atoms with van der Waals surface area (Å²) in [6, 6.07) is 3.48. The lowest BCUT2D eigenvalue weighted by Gasteiger charge is -2.00. The molecule has 3 aromatic rings. The van der Waals surface area contributed by atoms with Gasteiger partial charge in [-0.1, -0.05) is 22.9 Å². The van der Waals surface area contributed by atoms with Crippen LogP contribution in [0, 0.1) is 0 Å². The minimum atomic E-state index is -0.241. The van der Waals surface area contributed by atoms with Crippen LogP contribution < -0.4 is 10.1 Å². The number of hydrogen-bond donors (Lipinski definition) is 1. The minimum absolute atomic E-state index is 0.0702. The molecule has 0 aliphatic heterocycles. The molecule has 1 N–H and O–H groups in total. The number of rotatable bonds is 4. The van der Waals surface area contributed by atoms with Crippen LogP contribution in [0.2, 0.25) is 5.02 Å². The van der Waals surface area contributed by atoms with Gasteiger partial charge in [0.1, 0.15) is 30.5 Å². The fourth-order valence-electron chi connectivity index (χ4n) is 1.79. The SMILES string of the molecule is COc1ccc(Cl)c2sc(NC(=O)Cn3cncn3)nc12. The van der Waals surface area contributed by atoms with Gasteiger partial charge in [-0.2, -0.15) is 5.10 Å². The van der Waals surface area contributed by atoms with Gasteiger partial charge in [0.05, 0.1) is 16.8 Å². The fraction of sp³-hybridized carbons (Fsp3) is 0.167. The van der Waals surface area contributed by atoms with Crippen LogP contribution in [0.15, 0.2) is 24.8 Å². The zero-order valence-corrected chi connectivity index (χ0v) is 12.5. The highest BCUT2D eigenvalue weighted by Gasteiger charge is 2.14. The van der Waals surface area contributed by atoms with E-state index >= 15 is 0 Å². The van der Waals surface area contributed by atoms with E-state index < -0.39 is 0 Å². The predicted molar refractivity (Wildman–Crippen MR) is 79.8 cm³/mol. The molecule has 7 nitrogen and oxygen atoms in total. The van der Waals surface area contributed by atoms with E-state index in [0.29, 0.717) is 21.4 Å². The van der Waals surface area contributed by atoms with Crippen molar-refractivity contribution in [1.29, 1.82) is 0 Å². The van der Waals surface area contributed by atoms with Gasteiger partial charge in [0.2, 0.25) is 5.91 Å². The van der Waals surface area contributed by atoms with E-state index in [9.17, 15) is 4.79 Å². The van der Waals surface area contributed by atoms with E-state index in [1.165, 1.54) is 28.7 Å². The number of nitrogens with zero attached hydrogens (tertiary/aromatic N) is 4. The Morgan fingerprint density at radius 1 is 1.52 bits per heavy atom. The van der Waals surface area contributed by atoms with Crippen molar-refractivity contribution in [3.63, 3.8) is 0 Å². The molecule has 0 atom stereocenters. The number of hydrogen-bond acceptors (Lipinski definition) is 6. The molecule has 0 aliphatic carbocycles. The third-order valence-electron chi connectivity index (χ3n) is 2.70. The second-order valence-corrected chi connectivity index (χ2v) is 5.49. The summed E-state index contributed by atoms with van der Waals surface area (Å²) in [5, 5.41) is 7.61. The lowest BCUT2D eigenvalue weighted by molar-refractivity contribution is -0.116. The maximum atomic E-state index is 11.9. The van der Waals surface area contributed by atoms with Gasteiger partial charge < -0.3 is 10.1 Å². The Morgan fingerprint density at radius 2 is 2.38 bits per heavy atom. The van der Waals surface area contributed by atoms with E-state index in [1.807, 2.05) is 0 Å². The predicted octanol–water partition coefficient (Wildman–Crippen LogP) is 2.19. The second-order valence-electron chi connectivity index (χ2n) is 4.09. The van der Waals surface area contributed by atoms with Crippen LogP contribution in [0.5, 0.6) is 5.75 Å². The number of benzene rings is 1. The van der Waals surface area contributed by atoms with E-state index in [4.69, 9.17) is 16.3 Å². The van der Waals surface area contributed by atoms with Crippen molar-refractivity contribution >= 4 is 44.2 Å². The summed E-state index contributed by atoms with van der Waals surface area (Å²) in [5.74, 6) is 0.372. The molecule has 0 bridgehead atoms. The normalized spacial score (nSPS) is 10.8. The van der Waals surface area contributed by atoms with Crippen molar-refractivity contribution in [3.8, 4) is 5.75 Å². The molecule has 9 heteroatoms. The fourth-order valence-corrected chi connectivity index (χ4v) is 2.96. The van der Waals surface area contributed by atoms with Crippen LogP contribution in [0.25, 0.3) is 10.2 Å². The zero-order chi connectivity index (χ0) is 14.8. The molecule has 1 amide bonds. The van der Waals surface area contributed by atoms with Crippen molar-refractivity contribution in [2.45, 2.75) is 6.54 Å². The molecule has 0 aliphatic rings. The second kappa shape index (κ2) is 5.66. The van der Waals surface area contributed by atoms with Crippen molar-refractivity contribution in [1.82, 2.24) is 19.7 Å². The molecule has 0 saturated heterocycles. The highest BCUT2D eigenvalue weighted by Crippen LogP contribution is 2.37. The monoisotopic (exact) mass is 323 g/mol. The Kier molecular flexibility index (Phi) is 3.72. The summed E-state index contributed by atoms with van der Waals surface area (Å²) in [7, 11) is 1.56. The summed E-state index contributed by atoms with van der Waals surface area (Å²) in [6.07, 6.45) is 2.84. The molecule has 21 heavy (non-hydrogen) atoms. The molecule has 2 aromatic heterocycles. The molecule has 0 unspecified atom stereocenters. The van der Waals surface area contributed by atoms with E-state index in [0.717, 1.165) is 4.70 Å². The number of thiazole rings is 1.